The quantitative estimate of drug-likeness (QED) is 0.727. The second-order valence-electron chi connectivity index (χ2n) is 5.18. The zero-order chi connectivity index (χ0) is 11.5. The second kappa shape index (κ2) is 5.15. The van der Waals surface area contributed by atoms with Crippen LogP contribution in [0.15, 0.2) is 0 Å². The molecular formula is C12H23N3O. The van der Waals surface area contributed by atoms with Gasteiger partial charge in [0.05, 0.1) is 0 Å². The van der Waals surface area contributed by atoms with E-state index in [-0.39, 0.29) is 5.91 Å². The van der Waals surface area contributed by atoms with Crippen molar-refractivity contribution in [2.45, 2.75) is 44.7 Å². The van der Waals surface area contributed by atoms with Crippen LogP contribution in [0.4, 0.5) is 0 Å². The van der Waals surface area contributed by atoms with Crippen molar-refractivity contribution >= 4 is 5.91 Å². The predicted octanol–water partition coefficient (Wildman–Crippen LogP) is 0.324. The number of carbonyl (C=O) groups is 1. The number of carbonyl (C=O) groups excluding carboxylic acids is 1. The molecule has 1 saturated carbocycles. The number of likely N-dealkylation sites (tertiary alicyclic amines) is 1. The molecule has 4 heteroatoms. The van der Waals surface area contributed by atoms with Gasteiger partial charge < -0.3 is 11.1 Å². The molecule has 4 nitrogen and oxygen atoms in total. The number of nitrogens with one attached hydrogen (secondary N) is 1. The van der Waals surface area contributed by atoms with Crippen LogP contribution in [0, 0.1) is 5.92 Å². The van der Waals surface area contributed by atoms with E-state index in [4.69, 9.17) is 5.73 Å². The van der Waals surface area contributed by atoms with Gasteiger partial charge in [-0.15, -0.1) is 0 Å². The molecule has 0 spiro atoms. The van der Waals surface area contributed by atoms with Gasteiger partial charge in [0, 0.05) is 32.1 Å². The first-order chi connectivity index (χ1) is 7.70. The molecule has 3 N–H and O–H groups in total. The molecule has 3 unspecified atom stereocenters. The highest BCUT2D eigenvalue weighted by atomic mass is 16.1. The van der Waals surface area contributed by atoms with Crippen molar-refractivity contribution in [1.82, 2.24) is 10.2 Å². The fraction of sp³-hybridized carbons (Fsp3) is 0.917. The van der Waals surface area contributed by atoms with Gasteiger partial charge in [0.1, 0.15) is 0 Å². The molecule has 2 fully saturated rings. The van der Waals surface area contributed by atoms with E-state index in [1.165, 1.54) is 19.3 Å². The molecule has 1 heterocycles. The molecule has 3 atom stereocenters. The van der Waals surface area contributed by atoms with Crippen LogP contribution in [0.25, 0.3) is 0 Å². The minimum Gasteiger partial charge on any atom is -0.352 e. The number of nitrogens with two attached hydrogens (primary N) is 1. The Hall–Kier alpha value is -0.610. The van der Waals surface area contributed by atoms with Crippen molar-refractivity contribution in [2.24, 2.45) is 11.7 Å². The van der Waals surface area contributed by atoms with Crippen LogP contribution in [-0.2, 0) is 4.79 Å². The molecule has 1 amide bonds. The summed E-state index contributed by atoms with van der Waals surface area (Å²) in [7, 11) is 0. The van der Waals surface area contributed by atoms with Crippen molar-refractivity contribution in [3.05, 3.63) is 0 Å². The highest BCUT2D eigenvalue weighted by Crippen LogP contribution is 2.31. The molecule has 0 radical (unpaired) electrons. The van der Waals surface area contributed by atoms with Crippen molar-refractivity contribution in [1.29, 1.82) is 0 Å². The average molecular weight is 225 g/mol. The number of hydrogen-bond donors (Lipinski definition) is 2. The summed E-state index contributed by atoms with van der Waals surface area (Å²) >= 11 is 0. The molecule has 2 rings (SSSR count). The van der Waals surface area contributed by atoms with Crippen LogP contribution in [0.3, 0.4) is 0 Å². The molecule has 1 saturated heterocycles. The van der Waals surface area contributed by atoms with Crippen LogP contribution < -0.4 is 11.1 Å². The highest BCUT2D eigenvalue weighted by Gasteiger charge is 2.35. The van der Waals surface area contributed by atoms with E-state index >= 15 is 0 Å². The first-order valence-electron chi connectivity index (χ1n) is 6.42. The zero-order valence-corrected chi connectivity index (χ0v) is 10.1. The first kappa shape index (κ1) is 11.9. The maximum atomic E-state index is 11.0. The minimum absolute atomic E-state index is 0.0913. The topological polar surface area (TPSA) is 58.4 Å². The van der Waals surface area contributed by atoms with Crippen molar-refractivity contribution in [3.63, 3.8) is 0 Å². The predicted molar refractivity (Wildman–Crippen MR) is 64.0 cm³/mol. The van der Waals surface area contributed by atoms with Crippen molar-refractivity contribution < 1.29 is 4.79 Å². The molecule has 0 bridgehead atoms. The van der Waals surface area contributed by atoms with Crippen LogP contribution in [0.1, 0.15) is 32.6 Å². The Morgan fingerprint density at radius 1 is 1.44 bits per heavy atom. The Labute approximate surface area is 97.6 Å². The first-order valence-corrected chi connectivity index (χ1v) is 6.42. The molecular weight excluding hydrogens is 202 g/mol. The summed E-state index contributed by atoms with van der Waals surface area (Å²) in [6, 6.07) is 1.03. The van der Waals surface area contributed by atoms with E-state index < -0.39 is 0 Å². The summed E-state index contributed by atoms with van der Waals surface area (Å²) in [5.41, 5.74) is 5.81. The van der Waals surface area contributed by atoms with Gasteiger partial charge in [-0.3, -0.25) is 9.69 Å². The Bertz CT molecular complexity index is 257. The summed E-state index contributed by atoms with van der Waals surface area (Å²) in [4.78, 5) is 13.5. The largest absolute Gasteiger partial charge is 0.352 e. The van der Waals surface area contributed by atoms with Crippen molar-refractivity contribution in [3.8, 4) is 0 Å². The fourth-order valence-electron chi connectivity index (χ4n) is 3.27. The zero-order valence-electron chi connectivity index (χ0n) is 10.1. The Balaban J connectivity index is 1.85. The van der Waals surface area contributed by atoms with Gasteiger partial charge in [0.25, 0.3) is 0 Å². The summed E-state index contributed by atoms with van der Waals surface area (Å²) < 4.78 is 0. The molecule has 0 aromatic heterocycles. The molecule has 16 heavy (non-hydrogen) atoms. The molecule has 1 aliphatic heterocycles. The van der Waals surface area contributed by atoms with Gasteiger partial charge in [-0.2, -0.15) is 0 Å². The molecule has 0 aromatic carbocycles. The smallest absolute Gasteiger partial charge is 0.217 e. The fourth-order valence-corrected chi connectivity index (χ4v) is 3.27. The second-order valence-corrected chi connectivity index (χ2v) is 5.18. The van der Waals surface area contributed by atoms with Crippen LogP contribution in [0.5, 0.6) is 0 Å². The summed E-state index contributed by atoms with van der Waals surface area (Å²) in [5, 5.41) is 3.02. The lowest BCUT2D eigenvalue weighted by Gasteiger charge is -2.28. The van der Waals surface area contributed by atoms with Crippen LogP contribution in [0.2, 0.25) is 0 Å². The SMILES string of the molecule is CC(=O)NC1CCN(C2CCCC2CN)C1. The van der Waals surface area contributed by atoms with Gasteiger partial charge in [0.15, 0.2) is 0 Å². The third-order valence-corrected chi connectivity index (χ3v) is 4.02. The summed E-state index contributed by atoms with van der Waals surface area (Å²) in [5.74, 6) is 0.768. The van der Waals surface area contributed by atoms with E-state index in [2.05, 4.69) is 10.2 Å². The standard InChI is InChI=1S/C12H23N3O/c1-9(16)14-11-5-6-15(8-11)12-4-2-3-10(12)7-13/h10-12H,2-8,13H2,1H3,(H,14,16). The van der Waals surface area contributed by atoms with Gasteiger partial charge in [-0.1, -0.05) is 6.42 Å². The monoisotopic (exact) mass is 225 g/mol. The van der Waals surface area contributed by atoms with Crippen molar-refractivity contribution in [2.75, 3.05) is 19.6 Å². The third kappa shape index (κ3) is 2.55. The highest BCUT2D eigenvalue weighted by molar-refractivity contribution is 5.73. The molecule has 92 valence electrons. The van der Waals surface area contributed by atoms with Gasteiger partial charge in [0.2, 0.25) is 5.91 Å². The Kier molecular flexibility index (Phi) is 3.82. The van der Waals surface area contributed by atoms with Crippen LogP contribution >= 0.6 is 0 Å². The lowest BCUT2D eigenvalue weighted by molar-refractivity contribution is -0.119. The van der Waals surface area contributed by atoms with E-state index in [9.17, 15) is 4.79 Å². The van der Waals surface area contributed by atoms with Gasteiger partial charge in [-0.25, -0.2) is 0 Å². The number of hydrogen-bond acceptors (Lipinski definition) is 3. The average Bonchev–Trinajstić information content (AvgIpc) is 2.83. The molecule has 0 aromatic rings. The van der Waals surface area contributed by atoms with Gasteiger partial charge in [-0.05, 0) is 31.7 Å². The normalized spacial score (nSPS) is 35.5. The third-order valence-electron chi connectivity index (χ3n) is 4.02. The number of nitrogens with zero attached hydrogens (tertiary/aromatic N) is 1. The van der Waals surface area contributed by atoms with E-state index in [1.807, 2.05) is 0 Å². The number of rotatable bonds is 3. The summed E-state index contributed by atoms with van der Waals surface area (Å²) in [6.07, 6.45) is 4.97. The maximum Gasteiger partial charge on any atom is 0.217 e. The lowest BCUT2D eigenvalue weighted by Crippen LogP contribution is -2.42. The maximum absolute atomic E-state index is 11.0. The molecule has 1 aliphatic carbocycles. The summed E-state index contributed by atoms with van der Waals surface area (Å²) in [6.45, 7) is 4.54. The van der Waals surface area contributed by atoms with Gasteiger partial charge >= 0.3 is 0 Å². The van der Waals surface area contributed by atoms with E-state index in [0.717, 1.165) is 26.1 Å². The Morgan fingerprint density at radius 2 is 2.25 bits per heavy atom. The number of amides is 1. The Morgan fingerprint density at radius 3 is 2.94 bits per heavy atom. The van der Waals surface area contributed by atoms with Crippen LogP contribution in [-0.4, -0.2) is 42.5 Å². The molecule has 2 aliphatic rings. The van der Waals surface area contributed by atoms with E-state index in [0.29, 0.717) is 18.0 Å². The lowest BCUT2D eigenvalue weighted by atomic mass is 10.0. The van der Waals surface area contributed by atoms with E-state index in [1.54, 1.807) is 6.92 Å². The minimum atomic E-state index is 0.0913.